The zero-order valence-electron chi connectivity index (χ0n) is 25.5. The van der Waals surface area contributed by atoms with E-state index < -0.39 is 41.1 Å². The van der Waals surface area contributed by atoms with Crippen LogP contribution in [0, 0.1) is 23.7 Å². The minimum atomic E-state index is -0.820. The average Bonchev–Trinajstić information content (AvgIpc) is 3.44. The summed E-state index contributed by atoms with van der Waals surface area (Å²) < 4.78 is 5.49. The molecule has 1 N–H and O–H groups in total. The molecule has 3 aliphatic rings. The van der Waals surface area contributed by atoms with Crippen molar-refractivity contribution in [1.82, 2.24) is 10.2 Å². The Bertz CT molecular complexity index is 1050. The van der Waals surface area contributed by atoms with Crippen molar-refractivity contribution in [2.75, 3.05) is 6.54 Å². The minimum absolute atomic E-state index is 0.0108. The molecular formula is C32H48N2O7. The van der Waals surface area contributed by atoms with Crippen LogP contribution in [-0.2, 0) is 33.5 Å². The Hall–Kier alpha value is -2.84. The molecule has 0 aromatic heterocycles. The highest BCUT2D eigenvalue weighted by Crippen LogP contribution is 2.44. The Kier molecular flexibility index (Phi) is 11.1. The smallest absolute Gasteiger partial charge is 0.307 e. The first-order valence-electron chi connectivity index (χ1n) is 15.3. The van der Waals surface area contributed by atoms with Crippen LogP contribution in [0.15, 0.2) is 12.2 Å². The van der Waals surface area contributed by atoms with Crippen LogP contribution in [0.5, 0.6) is 0 Å². The summed E-state index contributed by atoms with van der Waals surface area (Å²) in [7, 11) is 0. The minimum Gasteiger partial charge on any atom is -0.460 e. The normalized spacial score (nSPS) is 23.3. The number of carbonyl (C=O) groups is 6. The van der Waals surface area contributed by atoms with E-state index in [9.17, 15) is 28.8 Å². The summed E-state index contributed by atoms with van der Waals surface area (Å²) in [5.74, 6) is -3.82. The van der Waals surface area contributed by atoms with Gasteiger partial charge in [-0.3, -0.25) is 28.8 Å². The van der Waals surface area contributed by atoms with Crippen molar-refractivity contribution in [3.8, 4) is 0 Å². The first-order valence-corrected chi connectivity index (χ1v) is 15.3. The molecule has 2 aliphatic carbocycles. The highest BCUT2D eigenvalue weighted by atomic mass is 16.6. The number of carbonyl (C=O) groups excluding carboxylic acids is 6. The average molecular weight is 573 g/mol. The maximum absolute atomic E-state index is 14.1. The zero-order chi connectivity index (χ0) is 30.5. The number of nitrogens with zero attached hydrogens (tertiary/aromatic N) is 1. The SMILES string of the molecule is C=C(C)C(=O)CC[C@H](CC(=O)OC(C)(C)C)C(=O)N1C[C@@H]2CCC[C@@H]2[C@H]1C(=O)C[C@@H](CCC)C(=O)C(=O)NC1CC1. The number of fused-ring (bicyclic) bond motifs is 1. The Balaban J connectivity index is 1.81. The predicted molar refractivity (Wildman–Crippen MR) is 154 cm³/mol. The molecule has 5 atom stereocenters. The van der Waals surface area contributed by atoms with Gasteiger partial charge in [-0.05, 0) is 83.6 Å². The Morgan fingerprint density at radius 3 is 2.24 bits per heavy atom. The summed E-state index contributed by atoms with van der Waals surface area (Å²) in [6.07, 6.45) is 5.41. The van der Waals surface area contributed by atoms with Crippen molar-refractivity contribution < 1.29 is 33.5 Å². The lowest BCUT2D eigenvalue weighted by Gasteiger charge is -2.31. The lowest BCUT2D eigenvalue weighted by molar-refractivity contribution is -0.159. The lowest BCUT2D eigenvalue weighted by Crippen LogP contribution is -2.47. The second-order valence-electron chi connectivity index (χ2n) is 13.3. The molecule has 0 spiro atoms. The van der Waals surface area contributed by atoms with Gasteiger partial charge >= 0.3 is 5.97 Å². The topological polar surface area (TPSA) is 127 Å². The molecule has 41 heavy (non-hydrogen) atoms. The van der Waals surface area contributed by atoms with Gasteiger partial charge in [0.2, 0.25) is 11.7 Å². The lowest BCUT2D eigenvalue weighted by atomic mass is 9.84. The number of rotatable bonds is 15. The summed E-state index contributed by atoms with van der Waals surface area (Å²) in [5.41, 5.74) is -0.344. The third-order valence-corrected chi connectivity index (χ3v) is 8.47. The number of allylic oxidation sites excluding steroid dienone is 1. The van der Waals surface area contributed by atoms with Gasteiger partial charge in [0.05, 0.1) is 12.5 Å². The third-order valence-electron chi connectivity index (χ3n) is 8.47. The van der Waals surface area contributed by atoms with Crippen molar-refractivity contribution in [3.05, 3.63) is 12.2 Å². The molecule has 3 fully saturated rings. The van der Waals surface area contributed by atoms with Gasteiger partial charge in [-0.1, -0.05) is 26.3 Å². The third kappa shape index (κ3) is 9.07. The molecule has 1 aliphatic heterocycles. The number of Topliss-reactive ketones (excluding diaryl/α,β-unsaturated/α-hetero) is 3. The van der Waals surface area contributed by atoms with Crippen LogP contribution in [0.1, 0.15) is 105 Å². The number of ketones is 3. The molecule has 0 bridgehead atoms. The maximum Gasteiger partial charge on any atom is 0.307 e. The molecule has 2 saturated carbocycles. The largest absolute Gasteiger partial charge is 0.460 e. The number of likely N-dealkylation sites (tertiary alicyclic amines) is 1. The molecule has 0 radical (unpaired) electrons. The summed E-state index contributed by atoms with van der Waals surface area (Å²) in [6, 6.07) is -0.656. The Morgan fingerprint density at radius 2 is 1.66 bits per heavy atom. The monoisotopic (exact) mass is 572 g/mol. The van der Waals surface area contributed by atoms with Crippen LogP contribution in [-0.4, -0.2) is 64.3 Å². The fourth-order valence-electron chi connectivity index (χ4n) is 6.30. The van der Waals surface area contributed by atoms with Crippen LogP contribution in [0.25, 0.3) is 0 Å². The van der Waals surface area contributed by atoms with Crippen molar-refractivity contribution >= 4 is 35.1 Å². The first-order chi connectivity index (χ1) is 19.2. The summed E-state index contributed by atoms with van der Waals surface area (Å²) in [4.78, 5) is 80.2. The van der Waals surface area contributed by atoms with E-state index in [1.807, 2.05) is 6.92 Å². The molecule has 1 saturated heterocycles. The Labute approximate surface area is 244 Å². The van der Waals surface area contributed by atoms with Gasteiger partial charge in [-0.25, -0.2) is 0 Å². The number of amides is 2. The summed E-state index contributed by atoms with van der Waals surface area (Å²) in [5, 5.41) is 2.74. The Morgan fingerprint density at radius 1 is 0.976 bits per heavy atom. The van der Waals surface area contributed by atoms with E-state index in [2.05, 4.69) is 11.9 Å². The number of ether oxygens (including phenoxy) is 1. The molecule has 1 heterocycles. The molecule has 228 valence electrons. The van der Waals surface area contributed by atoms with Gasteiger partial charge in [-0.15, -0.1) is 0 Å². The molecule has 0 aromatic rings. The van der Waals surface area contributed by atoms with Crippen LogP contribution in [0.4, 0.5) is 0 Å². The standard InChI is InChI=1S/C32H48N2O7/c1-7-9-20(29(38)30(39)33-23-13-14-23)16-26(36)28-24-11-8-10-22(24)18-34(28)31(40)21(12-15-25(35)19(2)3)17-27(37)41-32(4,5)6/h20-24,28H,2,7-18H2,1,3-6H3,(H,33,39)/t20-,21-,22+,24+,28+/m1/s1. The number of esters is 1. The van der Waals surface area contributed by atoms with E-state index in [0.717, 1.165) is 32.1 Å². The fourth-order valence-corrected chi connectivity index (χ4v) is 6.30. The van der Waals surface area contributed by atoms with E-state index >= 15 is 0 Å². The predicted octanol–water partition coefficient (Wildman–Crippen LogP) is 4.11. The van der Waals surface area contributed by atoms with Crippen LogP contribution >= 0.6 is 0 Å². The van der Waals surface area contributed by atoms with Crippen LogP contribution in [0.3, 0.4) is 0 Å². The summed E-state index contributed by atoms with van der Waals surface area (Å²) >= 11 is 0. The van der Waals surface area contributed by atoms with E-state index in [4.69, 9.17) is 4.74 Å². The van der Waals surface area contributed by atoms with Gasteiger partial charge < -0.3 is 15.0 Å². The second-order valence-corrected chi connectivity index (χ2v) is 13.3. The molecule has 0 aromatic carbocycles. The van der Waals surface area contributed by atoms with Crippen molar-refractivity contribution in [3.63, 3.8) is 0 Å². The van der Waals surface area contributed by atoms with E-state index in [-0.39, 0.29) is 61.0 Å². The van der Waals surface area contributed by atoms with Gasteiger partial charge in [0.25, 0.3) is 5.91 Å². The molecule has 9 heteroatoms. The van der Waals surface area contributed by atoms with Gasteiger partial charge in [-0.2, -0.15) is 0 Å². The maximum atomic E-state index is 14.1. The van der Waals surface area contributed by atoms with Crippen molar-refractivity contribution in [2.45, 2.75) is 123 Å². The van der Waals surface area contributed by atoms with Crippen LogP contribution < -0.4 is 5.32 Å². The zero-order valence-corrected chi connectivity index (χ0v) is 25.5. The summed E-state index contributed by atoms with van der Waals surface area (Å²) in [6.45, 7) is 12.9. The molecule has 9 nitrogen and oxygen atoms in total. The van der Waals surface area contributed by atoms with Crippen LogP contribution in [0.2, 0.25) is 0 Å². The number of hydrogen-bond acceptors (Lipinski definition) is 7. The highest BCUT2D eigenvalue weighted by molar-refractivity contribution is 6.37. The van der Waals surface area contributed by atoms with Crippen molar-refractivity contribution in [2.24, 2.45) is 23.7 Å². The van der Waals surface area contributed by atoms with E-state index in [0.29, 0.717) is 25.0 Å². The highest BCUT2D eigenvalue weighted by Gasteiger charge is 2.50. The van der Waals surface area contributed by atoms with Gasteiger partial charge in [0, 0.05) is 37.3 Å². The number of hydrogen-bond donors (Lipinski definition) is 1. The fraction of sp³-hybridized carbons (Fsp3) is 0.750. The molecule has 3 rings (SSSR count). The number of nitrogens with one attached hydrogen (secondary N) is 1. The van der Waals surface area contributed by atoms with E-state index in [1.165, 1.54) is 0 Å². The first kappa shape index (κ1) is 32.7. The molecular weight excluding hydrogens is 524 g/mol. The molecule has 2 amide bonds. The van der Waals surface area contributed by atoms with Gasteiger partial charge in [0.15, 0.2) is 11.6 Å². The quantitative estimate of drug-likeness (QED) is 0.178. The molecule has 0 unspecified atom stereocenters. The van der Waals surface area contributed by atoms with E-state index in [1.54, 1.807) is 32.6 Å². The second kappa shape index (κ2) is 13.9. The van der Waals surface area contributed by atoms with Gasteiger partial charge in [0.1, 0.15) is 5.60 Å². The van der Waals surface area contributed by atoms with Crippen molar-refractivity contribution in [1.29, 1.82) is 0 Å².